The van der Waals surface area contributed by atoms with Gasteiger partial charge >= 0.3 is 15.6 Å². The van der Waals surface area contributed by atoms with Crippen molar-refractivity contribution in [3.63, 3.8) is 0 Å². The largest absolute Gasteiger partial charge is 0.534 e. The Bertz CT molecular complexity index is 476. The zero-order valence-corrected chi connectivity index (χ0v) is 13.3. The van der Waals surface area contributed by atoms with Crippen LogP contribution in [0.1, 0.15) is 26.2 Å². The average molecular weight is 316 g/mol. The van der Waals surface area contributed by atoms with Gasteiger partial charge in [0.05, 0.1) is 8.07 Å². The third kappa shape index (κ3) is 3.15. The van der Waals surface area contributed by atoms with Gasteiger partial charge in [0.25, 0.3) is 0 Å². The van der Waals surface area contributed by atoms with Gasteiger partial charge in [0.15, 0.2) is 0 Å². The average Bonchev–Trinajstić information content (AvgIpc) is 2.18. The molecule has 0 fully saturated rings. The summed E-state index contributed by atoms with van der Waals surface area (Å²) in [5.74, 6) is -0.0322. The van der Waals surface area contributed by atoms with Crippen LogP contribution in [0, 0.1) is 0 Å². The molecule has 0 N–H and O–H groups in total. The van der Waals surface area contributed by atoms with Crippen LogP contribution < -0.4 is 0 Å². The van der Waals surface area contributed by atoms with E-state index in [1.54, 1.807) is 6.92 Å². The van der Waals surface area contributed by atoms with Crippen molar-refractivity contribution in [2.75, 3.05) is 0 Å². The maximum Gasteiger partial charge on any atom is 0.534 e. The normalized spacial score (nSPS) is 25.9. The van der Waals surface area contributed by atoms with E-state index in [1.807, 2.05) is 19.6 Å². The predicted molar refractivity (Wildman–Crippen MR) is 69.7 cm³/mol. The van der Waals surface area contributed by atoms with E-state index in [9.17, 15) is 21.6 Å². The Labute approximate surface area is 113 Å². The molecular weight excluding hydrogens is 297 g/mol. The van der Waals surface area contributed by atoms with E-state index in [4.69, 9.17) is 0 Å². The van der Waals surface area contributed by atoms with Crippen molar-refractivity contribution >= 4 is 18.2 Å². The van der Waals surface area contributed by atoms with Gasteiger partial charge in [-0.1, -0.05) is 26.6 Å². The van der Waals surface area contributed by atoms with Crippen molar-refractivity contribution in [1.29, 1.82) is 0 Å². The first-order chi connectivity index (χ1) is 8.31. The number of alkyl halides is 3. The number of hydrogen-bond donors (Lipinski definition) is 0. The van der Waals surface area contributed by atoms with Crippen LogP contribution in [-0.2, 0) is 14.3 Å². The third-order valence-corrected chi connectivity index (χ3v) is 8.67. The Kier molecular flexibility index (Phi) is 4.18. The van der Waals surface area contributed by atoms with Crippen molar-refractivity contribution in [1.82, 2.24) is 0 Å². The zero-order valence-electron chi connectivity index (χ0n) is 11.5. The fourth-order valence-corrected chi connectivity index (χ4v) is 4.55. The standard InChI is InChI=1S/C11H19F3O3SSi/c1-10(19(2,3)4)8-6-5-7-9(10)17-18(15,16)11(12,13)14/h7H,5-6,8H2,1-4H3. The van der Waals surface area contributed by atoms with Crippen LogP contribution in [0.3, 0.4) is 0 Å². The second-order valence-corrected chi connectivity index (χ2v) is 13.2. The van der Waals surface area contributed by atoms with Crippen LogP contribution >= 0.6 is 0 Å². The van der Waals surface area contributed by atoms with Gasteiger partial charge in [-0.3, -0.25) is 0 Å². The summed E-state index contributed by atoms with van der Waals surface area (Å²) in [6.45, 7) is 7.79. The molecule has 1 rings (SSSR count). The molecule has 1 aliphatic carbocycles. The van der Waals surface area contributed by atoms with E-state index in [-0.39, 0.29) is 5.76 Å². The van der Waals surface area contributed by atoms with E-state index >= 15 is 0 Å². The van der Waals surface area contributed by atoms with Crippen LogP contribution in [-0.4, -0.2) is 22.0 Å². The summed E-state index contributed by atoms with van der Waals surface area (Å²) in [6.07, 6.45) is 3.52. The summed E-state index contributed by atoms with van der Waals surface area (Å²) in [6, 6.07) is 0. The molecular formula is C11H19F3O3SSi. The smallest absolute Gasteiger partial charge is 0.381 e. The van der Waals surface area contributed by atoms with Crippen molar-refractivity contribution in [2.45, 2.75) is 56.4 Å². The summed E-state index contributed by atoms with van der Waals surface area (Å²) in [5.41, 5.74) is -5.38. The Morgan fingerprint density at radius 2 is 1.84 bits per heavy atom. The van der Waals surface area contributed by atoms with E-state index in [0.717, 1.165) is 6.42 Å². The molecule has 1 aliphatic rings. The quantitative estimate of drug-likeness (QED) is 0.449. The maximum absolute atomic E-state index is 12.4. The van der Waals surface area contributed by atoms with E-state index in [1.165, 1.54) is 6.08 Å². The summed E-state index contributed by atoms with van der Waals surface area (Å²) in [7, 11) is -7.50. The molecule has 0 aromatic heterocycles. The monoisotopic (exact) mass is 316 g/mol. The molecule has 19 heavy (non-hydrogen) atoms. The fourth-order valence-electron chi connectivity index (χ4n) is 2.07. The molecule has 0 saturated heterocycles. The van der Waals surface area contributed by atoms with Crippen LogP contribution in [0.5, 0.6) is 0 Å². The molecule has 0 radical (unpaired) electrons. The zero-order chi connectivity index (χ0) is 15.1. The van der Waals surface area contributed by atoms with Crippen LogP contribution in [0.15, 0.2) is 11.8 Å². The van der Waals surface area contributed by atoms with Crippen molar-refractivity contribution in [3.8, 4) is 0 Å². The number of halogens is 3. The fraction of sp³-hybridized carbons (Fsp3) is 0.818. The van der Waals surface area contributed by atoms with Gasteiger partial charge in [-0.2, -0.15) is 21.6 Å². The summed E-state index contributed by atoms with van der Waals surface area (Å²) in [5, 5.41) is -0.594. The molecule has 0 aromatic carbocycles. The molecule has 0 saturated carbocycles. The number of rotatable bonds is 3. The number of hydrogen-bond acceptors (Lipinski definition) is 3. The molecule has 112 valence electrons. The second-order valence-electron chi connectivity index (χ2n) is 6.03. The topological polar surface area (TPSA) is 43.4 Å². The molecule has 0 bridgehead atoms. The molecule has 1 unspecified atom stereocenters. The second kappa shape index (κ2) is 4.80. The molecule has 3 nitrogen and oxygen atoms in total. The van der Waals surface area contributed by atoms with Crippen LogP contribution in [0.4, 0.5) is 13.2 Å². The van der Waals surface area contributed by atoms with Crippen LogP contribution in [0.2, 0.25) is 24.7 Å². The molecule has 0 heterocycles. The third-order valence-electron chi connectivity index (χ3n) is 3.89. The lowest BCUT2D eigenvalue weighted by Gasteiger charge is -2.43. The Balaban J connectivity index is 3.16. The first-order valence-corrected chi connectivity index (χ1v) is 10.9. The van der Waals surface area contributed by atoms with Gasteiger partial charge < -0.3 is 4.18 Å². The van der Waals surface area contributed by atoms with E-state index in [0.29, 0.717) is 12.8 Å². The van der Waals surface area contributed by atoms with E-state index in [2.05, 4.69) is 4.18 Å². The SMILES string of the molecule is CC1([Si](C)(C)C)CCCC=C1OS(=O)(=O)C(F)(F)F. The minimum atomic E-state index is -5.57. The van der Waals surface area contributed by atoms with Crippen LogP contribution in [0.25, 0.3) is 0 Å². The summed E-state index contributed by atoms with van der Waals surface area (Å²) >= 11 is 0. The van der Waals surface area contributed by atoms with Crippen molar-refractivity contribution < 1.29 is 25.8 Å². The molecule has 0 aliphatic heterocycles. The minimum Gasteiger partial charge on any atom is -0.381 e. The van der Waals surface area contributed by atoms with Gasteiger partial charge in [-0.25, -0.2) is 0 Å². The maximum atomic E-state index is 12.4. The first-order valence-electron chi connectivity index (χ1n) is 6.03. The lowest BCUT2D eigenvalue weighted by molar-refractivity contribution is -0.0527. The molecule has 0 spiro atoms. The number of allylic oxidation sites excluding steroid dienone is 2. The lowest BCUT2D eigenvalue weighted by atomic mass is 9.94. The van der Waals surface area contributed by atoms with Crippen molar-refractivity contribution in [3.05, 3.63) is 11.8 Å². The highest BCUT2D eigenvalue weighted by Gasteiger charge is 2.52. The Morgan fingerprint density at radius 1 is 1.32 bits per heavy atom. The first kappa shape index (κ1) is 16.6. The highest BCUT2D eigenvalue weighted by Crippen LogP contribution is 2.52. The molecule has 0 aromatic rings. The van der Waals surface area contributed by atoms with Gasteiger partial charge in [0, 0.05) is 5.04 Å². The van der Waals surface area contributed by atoms with E-state index < -0.39 is 28.7 Å². The highest BCUT2D eigenvalue weighted by molar-refractivity contribution is 7.87. The summed E-state index contributed by atoms with van der Waals surface area (Å²) in [4.78, 5) is 0. The highest BCUT2D eigenvalue weighted by atomic mass is 32.2. The predicted octanol–water partition coefficient (Wildman–Crippen LogP) is 4.02. The molecule has 0 amide bonds. The minimum absolute atomic E-state index is 0.0322. The van der Waals surface area contributed by atoms with Gasteiger partial charge in [-0.15, -0.1) is 0 Å². The van der Waals surface area contributed by atoms with Gasteiger partial charge in [0.2, 0.25) is 0 Å². The van der Waals surface area contributed by atoms with Crippen molar-refractivity contribution in [2.24, 2.45) is 0 Å². The summed E-state index contributed by atoms with van der Waals surface area (Å²) < 4.78 is 64.0. The van der Waals surface area contributed by atoms with Gasteiger partial charge in [-0.05, 0) is 25.3 Å². The lowest BCUT2D eigenvalue weighted by Crippen LogP contribution is -2.42. The Hall–Kier alpha value is -0.503. The Morgan fingerprint density at radius 3 is 2.26 bits per heavy atom. The van der Waals surface area contributed by atoms with Gasteiger partial charge in [0.1, 0.15) is 5.76 Å². The molecule has 8 heteroatoms. The molecule has 1 atom stereocenters.